The summed E-state index contributed by atoms with van der Waals surface area (Å²) < 4.78 is 0. The molecule has 108 valence electrons. The molecule has 1 aromatic carbocycles. The van der Waals surface area contributed by atoms with Crippen molar-refractivity contribution < 1.29 is 5.11 Å². The van der Waals surface area contributed by atoms with Gasteiger partial charge in [-0.3, -0.25) is 0 Å². The van der Waals surface area contributed by atoms with E-state index in [0.29, 0.717) is 5.92 Å². The van der Waals surface area contributed by atoms with Crippen LogP contribution in [0.1, 0.15) is 54.8 Å². The van der Waals surface area contributed by atoms with E-state index in [9.17, 15) is 5.11 Å². The lowest BCUT2D eigenvalue weighted by molar-refractivity contribution is 0.0811. The number of aromatic nitrogens is 1. The monoisotopic (exact) mass is 309 g/mol. The van der Waals surface area contributed by atoms with Gasteiger partial charge in [0, 0.05) is 11.4 Å². The van der Waals surface area contributed by atoms with E-state index < -0.39 is 5.60 Å². The SMILES string of the molecule is CC(C)c1nc(Cc2ccc(Cl)cc2)sc1C(C)(C)O. The average molecular weight is 310 g/mol. The minimum atomic E-state index is -0.838. The summed E-state index contributed by atoms with van der Waals surface area (Å²) in [6.07, 6.45) is 0.775. The predicted molar refractivity (Wildman–Crippen MR) is 85.7 cm³/mol. The van der Waals surface area contributed by atoms with Gasteiger partial charge in [0.2, 0.25) is 0 Å². The molecule has 0 aliphatic carbocycles. The summed E-state index contributed by atoms with van der Waals surface area (Å²) in [6, 6.07) is 7.82. The Bertz CT molecular complexity index is 582. The number of nitrogens with zero attached hydrogens (tertiary/aromatic N) is 1. The fourth-order valence-electron chi connectivity index (χ4n) is 2.06. The Morgan fingerprint density at radius 3 is 2.30 bits per heavy atom. The molecule has 0 unspecified atom stereocenters. The third-order valence-electron chi connectivity index (χ3n) is 3.07. The van der Waals surface area contributed by atoms with Crippen LogP contribution in [0, 0.1) is 0 Å². The van der Waals surface area contributed by atoms with Gasteiger partial charge in [-0.2, -0.15) is 0 Å². The van der Waals surface area contributed by atoms with Crippen molar-refractivity contribution in [1.82, 2.24) is 4.98 Å². The lowest BCUT2D eigenvalue weighted by Crippen LogP contribution is -2.16. The Morgan fingerprint density at radius 1 is 1.25 bits per heavy atom. The predicted octanol–water partition coefficient (Wildman–Crippen LogP) is 4.74. The van der Waals surface area contributed by atoms with E-state index in [0.717, 1.165) is 27.0 Å². The van der Waals surface area contributed by atoms with Crippen LogP contribution in [0.25, 0.3) is 0 Å². The Hall–Kier alpha value is -0.900. The van der Waals surface area contributed by atoms with Crippen LogP contribution in [0.5, 0.6) is 0 Å². The minimum Gasteiger partial charge on any atom is -0.385 e. The standard InChI is InChI=1S/C16H20ClNOS/c1-10(2)14-15(16(3,4)19)20-13(18-14)9-11-5-7-12(17)8-6-11/h5-8,10,19H,9H2,1-4H3. The largest absolute Gasteiger partial charge is 0.385 e. The molecule has 2 nitrogen and oxygen atoms in total. The summed E-state index contributed by atoms with van der Waals surface area (Å²) >= 11 is 7.50. The van der Waals surface area contributed by atoms with Crippen LogP contribution < -0.4 is 0 Å². The van der Waals surface area contributed by atoms with Crippen molar-refractivity contribution in [3.05, 3.63) is 50.4 Å². The van der Waals surface area contributed by atoms with Crippen molar-refractivity contribution in [3.8, 4) is 0 Å². The van der Waals surface area contributed by atoms with Gasteiger partial charge < -0.3 is 5.11 Å². The zero-order chi connectivity index (χ0) is 14.9. The zero-order valence-electron chi connectivity index (χ0n) is 12.3. The third kappa shape index (κ3) is 3.60. The number of hydrogen-bond donors (Lipinski definition) is 1. The number of hydrogen-bond acceptors (Lipinski definition) is 3. The molecule has 0 atom stereocenters. The highest BCUT2D eigenvalue weighted by atomic mass is 35.5. The second-order valence-corrected chi connectivity index (χ2v) is 7.36. The maximum atomic E-state index is 10.3. The highest BCUT2D eigenvalue weighted by Crippen LogP contribution is 2.34. The topological polar surface area (TPSA) is 33.1 Å². The molecule has 2 rings (SSSR count). The Kier molecular flexibility index (Phi) is 4.52. The molecule has 0 aliphatic rings. The van der Waals surface area contributed by atoms with Gasteiger partial charge >= 0.3 is 0 Å². The van der Waals surface area contributed by atoms with Crippen LogP contribution in [0.4, 0.5) is 0 Å². The lowest BCUT2D eigenvalue weighted by atomic mass is 10.0. The van der Waals surface area contributed by atoms with Gasteiger partial charge in [-0.05, 0) is 37.5 Å². The van der Waals surface area contributed by atoms with Crippen LogP contribution in [0.3, 0.4) is 0 Å². The first kappa shape index (κ1) is 15.5. The van der Waals surface area contributed by atoms with E-state index in [1.165, 1.54) is 5.56 Å². The molecule has 2 aromatic rings. The van der Waals surface area contributed by atoms with Crippen LogP contribution in [0.15, 0.2) is 24.3 Å². The molecule has 0 aliphatic heterocycles. The molecular weight excluding hydrogens is 290 g/mol. The lowest BCUT2D eigenvalue weighted by Gasteiger charge is -2.17. The van der Waals surface area contributed by atoms with Gasteiger partial charge in [-0.15, -0.1) is 11.3 Å². The van der Waals surface area contributed by atoms with E-state index in [1.807, 2.05) is 38.1 Å². The van der Waals surface area contributed by atoms with Gasteiger partial charge in [0.05, 0.1) is 21.2 Å². The highest BCUT2D eigenvalue weighted by molar-refractivity contribution is 7.11. The minimum absolute atomic E-state index is 0.312. The number of thiazole rings is 1. The summed E-state index contributed by atoms with van der Waals surface area (Å²) in [5, 5.41) is 12.1. The van der Waals surface area contributed by atoms with E-state index in [2.05, 4.69) is 13.8 Å². The van der Waals surface area contributed by atoms with Crippen molar-refractivity contribution in [2.24, 2.45) is 0 Å². The average Bonchev–Trinajstić information content (AvgIpc) is 2.76. The number of halogens is 1. The second kappa shape index (κ2) is 5.84. The van der Waals surface area contributed by atoms with Crippen LogP contribution in [-0.4, -0.2) is 10.1 Å². The summed E-state index contributed by atoms with van der Waals surface area (Å²) in [6.45, 7) is 7.85. The first-order valence-electron chi connectivity index (χ1n) is 6.74. The summed E-state index contributed by atoms with van der Waals surface area (Å²) in [5.41, 5.74) is 1.35. The first-order chi connectivity index (χ1) is 9.27. The van der Waals surface area contributed by atoms with Crippen molar-refractivity contribution in [1.29, 1.82) is 0 Å². The molecular formula is C16H20ClNOS. The van der Waals surface area contributed by atoms with Crippen molar-refractivity contribution in [2.75, 3.05) is 0 Å². The van der Waals surface area contributed by atoms with E-state index in [1.54, 1.807) is 11.3 Å². The fraction of sp³-hybridized carbons (Fsp3) is 0.438. The Balaban J connectivity index is 2.31. The fourth-order valence-corrected chi connectivity index (χ4v) is 3.44. The normalized spacial score (nSPS) is 12.2. The molecule has 0 amide bonds. The smallest absolute Gasteiger partial charge is 0.0976 e. The second-order valence-electron chi connectivity index (χ2n) is 5.84. The first-order valence-corrected chi connectivity index (χ1v) is 7.93. The van der Waals surface area contributed by atoms with E-state index >= 15 is 0 Å². The zero-order valence-corrected chi connectivity index (χ0v) is 13.8. The number of aliphatic hydroxyl groups is 1. The molecule has 4 heteroatoms. The summed E-state index contributed by atoms with van der Waals surface area (Å²) in [5.74, 6) is 0.312. The van der Waals surface area contributed by atoms with Crippen LogP contribution >= 0.6 is 22.9 Å². The highest BCUT2D eigenvalue weighted by Gasteiger charge is 2.26. The van der Waals surface area contributed by atoms with E-state index in [-0.39, 0.29) is 0 Å². The van der Waals surface area contributed by atoms with Crippen molar-refractivity contribution in [3.63, 3.8) is 0 Å². The quantitative estimate of drug-likeness (QED) is 0.885. The summed E-state index contributed by atoms with van der Waals surface area (Å²) in [7, 11) is 0. The third-order valence-corrected chi connectivity index (χ3v) is 4.70. The molecule has 0 fully saturated rings. The van der Waals surface area contributed by atoms with Gasteiger partial charge in [-0.1, -0.05) is 37.6 Å². The number of benzene rings is 1. The molecule has 0 spiro atoms. The van der Waals surface area contributed by atoms with E-state index in [4.69, 9.17) is 16.6 Å². The molecule has 0 saturated heterocycles. The van der Waals surface area contributed by atoms with Crippen LogP contribution in [-0.2, 0) is 12.0 Å². The van der Waals surface area contributed by atoms with Gasteiger partial charge in [0.15, 0.2) is 0 Å². The number of rotatable bonds is 4. The maximum absolute atomic E-state index is 10.3. The maximum Gasteiger partial charge on any atom is 0.0976 e. The Morgan fingerprint density at radius 2 is 1.85 bits per heavy atom. The van der Waals surface area contributed by atoms with Crippen molar-refractivity contribution in [2.45, 2.75) is 45.6 Å². The molecule has 20 heavy (non-hydrogen) atoms. The van der Waals surface area contributed by atoms with Crippen LogP contribution in [0.2, 0.25) is 5.02 Å². The molecule has 1 N–H and O–H groups in total. The van der Waals surface area contributed by atoms with Crippen molar-refractivity contribution >= 4 is 22.9 Å². The molecule has 0 bridgehead atoms. The summed E-state index contributed by atoms with van der Waals surface area (Å²) in [4.78, 5) is 5.69. The Labute approximate surface area is 129 Å². The molecule has 1 heterocycles. The molecule has 1 aromatic heterocycles. The van der Waals surface area contributed by atoms with Gasteiger partial charge in [0.1, 0.15) is 0 Å². The molecule has 0 saturated carbocycles. The van der Waals surface area contributed by atoms with Gasteiger partial charge in [0.25, 0.3) is 0 Å². The molecule has 0 radical (unpaired) electrons. The van der Waals surface area contributed by atoms with Gasteiger partial charge in [-0.25, -0.2) is 4.98 Å².